The Morgan fingerprint density at radius 1 is 1.42 bits per heavy atom. The summed E-state index contributed by atoms with van der Waals surface area (Å²) in [5.41, 5.74) is 0.445. The zero-order valence-electron chi connectivity index (χ0n) is 10.1. The van der Waals surface area contributed by atoms with Crippen LogP contribution in [0.2, 0.25) is 0 Å². The number of hydrogen-bond acceptors (Lipinski definition) is 5. The summed E-state index contributed by atoms with van der Waals surface area (Å²) < 4.78 is 33.5. The molecule has 1 heterocycles. The second-order valence-electron chi connectivity index (χ2n) is 3.79. The number of halogens is 2. The minimum atomic E-state index is -2.89. The van der Waals surface area contributed by atoms with Gasteiger partial charge in [-0.05, 0) is 24.6 Å². The zero-order chi connectivity index (χ0) is 13.8. The second-order valence-corrected chi connectivity index (χ2v) is 3.79. The van der Waals surface area contributed by atoms with Crippen LogP contribution in [0.1, 0.15) is 25.3 Å². The molecule has 0 spiro atoms. The summed E-state index contributed by atoms with van der Waals surface area (Å²) in [6.45, 7) is -1.12. The molecule has 1 N–H and O–H groups in total. The molecule has 0 saturated carbocycles. The Hall–Kier alpha value is -2.02. The van der Waals surface area contributed by atoms with Gasteiger partial charge in [0.1, 0.15) is 11.9 Å². The third kappa shape index (κ3) is 3.25. The summed E-state index contributed by atoms with van der Waals surface area (Å²) in [5.74, 6) is 0.309. The van der Waals surface area contributed by atoms with Crippen LogP contribution in [0.25, 0.3) is 11.5 Å². The van der Waals surface area contributed by atoms with Crippen molar-refractivity contribution in [2.45, 2.75) is 26.1 Å². The van der Waals surface area contributed by atoms with E-state index < -0.39 is 12.7 Å². The lowest BCUT2D eigenvalue weighted by Crippen LogP contribution is -2.01. The van der Waals surface area contributed by atoms with Crippen molar-refractivity contribution in [1.29, 1.82) is 0 Å². The lowest BCUT2D eigenvalue weighted by atomic mass is 10.2. The quantitative estimate of drug-likeness (QED) is 0.904. The van der Waals surface area contributed by atoms with Crippen molar-refractivity contribution < 1.29 is 23.1 Å². The first-order chi connectivity index (χ1) is 9.10. The maximum Gasteiger partial charge on any atom is 0.387 e. The molecule has 1 aromatic carbocycles. The molecule has 2 aromatic rings. The van der Waals surface area contributed by atoms with E-state index in [1.165, 1.54) is 18.2 Å². The molecular weight excluding hydrogens is 258 g/mol. The standard InChI is InChI=1S/C12H12F2N2O3/c1-2-9(17)10-15-11(19-16-10)7-4-3-5-8(6-7)18-12(13)14/h3-6,9,12,17H,2H2,1H3. The summed E-state index contributed by atoms with van der Waals surface area (Å²) in [6.07, 6.45) is -0.356. The third-order valence-corrected chi connectivity index (χ3v) is 2.43. The van der Waals surface area contributed by atoms with Crippen LogP contribution < -0.4 is 4.74 Å². The number of aliphatic hydroxyl groups is 1. The minimum absolute atomic E-state index is 0.00305. The van der Waals surface area contributed by atoms with E-state index >= 15 is 0 Å². The fraction of sp³-hybridized carbons (Fsp3) is 0.333. The van der Waals surface area contributed by atoms with Crippen LogP contribution >= 0.6 is 0 Å². The van der Waals surface area contributed by atoms with Crippen molar-refractivity contribution in [3.8, 4) is 17.2 Å². The van der Waals surface area contributed by atoms with Gasteiger partial charge in [0.25, 0.3) is 5.89 Å². The average Bonchev–Trinajstić information content (AvgIpc) is 2.87. The van der Waals surface area contributed by atoms with Gasteiger partial charge in [-0.15, -0.1) is 0 Å². The highest BCUT2D eigenvalue weighted by Crippen LogP contribution is 2.25. The second kappa shape index (κ2) is 5.75. The highest BCUT2D eigenvalue weighted by molar-refractivity contribution is 5.55. The van der Waals surface area contributed by atoms with Crippen LogP contribution in [0.5, 0.6) is 5.75 Å². The monoisotopic (exact) mass is 270 g/mol. The van der Waals surface area contributed by atoms with E-state index in [2.05, 4.69) is 14.9 Å². The SMILES string of the molecule is CCC(O)c1noc(-c2cccc(OC(F)F)c2)n1. The summed E-state index contributed by atoms with van der Waals surface area (Å²) >= 11 is 0. The van der Waals surface area contributed by atoms with E-state index in [-0.39, 0.29) is 17.5 Å². The molecule has 7 heteroatoms. The molecule has 0 fully saturated rings. The van der Waals surface area contributed by atoms with Crippen LogP contribution in [-0.4, -0.2) is 21.9 Å². The normalized spacial score (nSPS) is 12.7. The summed E-state index contributed by atoms with van der Waals surface area (Å²) in [5, 5.41) is 13.2. The number of rotatable bonds is 5. The number of alkyl halides is 2. The van der Waals surface area contributed by atoms with Gasteiger partial charge in [-0.3, -0.25) is 0 Å². The van der Waals surface area contributed by atoms with Crippen LogP contribution in [0, 0.1) is 0 Å². The van der Waals surface area contributed by atoms with E-state index in [1.54, 1.807) is 13.0 Å². The molecular formula is C12H12F2N2O3. The van der Waals surface area contributed by atoms with Crippen molar-refractivity contribution in [3.63, 3.8) is 0 Å². The molecule has 0 aliphatic carbocycles. The van der Waals surface area contributed by atoms with E-state index in [9.17, 15) is 13.9 Å². The number of ether oxygens (including phenoxy) is 1. The van der Waals surface area contributed by atoms with Gasteiger partial charge in [0.2, 0.25) is 5.82 Å². The summed E-state index contributed by atoms with van der Waals surface area (Å²) in [7, 11) is 0. The van der Waals surface area contributed by atoms with Gasteiger partial charge in [-0.1, -0.05) is 18.1 Å². The first-order valence-electron chi connectivity index (χ1n) is 5.67. The molecule has 102 valence electrons. The Labute approximate surface area is 107 Å². The fourth-order valence-electron chi connectivity index (χ4n) is 1.48. The van der Waals surface area contributed by atoms with Crippen molar-refractivity contribution in [2.75, 3.05) is 0 Å². The van der Waals surface area contributed by atoms with Gasteiger partial charge >= 0.3 is 6.61 Å². The Bertz CT molecular complexity index is 545. The molecule has 0 aliphatic rings. The Morgan fingerprint density at radius 2 is 2.21 bits per heavy atom. The smallest absolute Gasteiger partial charge is 0.387 e. The first-order valence-corrected chi connectivity index (χ1v) is 5.67. The van der Waals surface area contributed by atoms with Gasteiger partial charge in [0, 0.05) is 5.56 Å². The molecule has 19 heavy (non-hydrogen) atoms. The average molecular weight is 270 g/mol. The van der Waals surface area contributed by atoms with Crippen LogP contribution in [-0.2, 0) is 0 Å². The largest absolute Gasteiger partial charge is 0.435 e. The minimum Gasteiger partial charge on any atom is -0.435 e. The predicted octanol–water partition coefficient (Wildman–Crippen LogP) is 2.78. The number of aliphatic hydroxyl groups excluding tert-OH is 1. The molecule has 1 aromatic heterocycles. The number of aromatic nitrogens is 2. The highest BCUT2D eigenvalue weighted by Gasteiger charge is 2.15. The Morgan fingerprint density at radius 3 is 2.89 bits per heavy atom. The van der Waals surface area contributed by atoms with Gasteiger partial charge in [-0.25, -0.2) is 0 Å². The predicted molar refractivity (Wildman–Crippen MR) is 61.6 cm³/mol. The molecule has 0 amide bonds. The van der Waals surface area contributed by atoms with Gasteiger partial charge in [0.05, 0.1) is 0 Å². The molecule has 1 atom stereocenters. The topological polar surface area (TPSA) is 68.4 Å². The van der Waals surface area contributed by atoms with E-state index in [4.69, 9.17) is 4.52 Å². The first kappa shape index (κ1) is 13.4. The highest BCUT2D eigenvalue weighted by atomic mass is 19.3. The van der Waals surface area contributed by atoms with E-state index in [0.29, 0.717) is 12.0 Å². The van der Waals surface area contributed by atoms with Gasteiger partial charge < -0.3 is 14.4 Å². The number of nitrogens with zero attached hydrogens (tertiary/aromatic N) is 2. The van der Waals surface area contributed by atoms with Crippen molar-refractivity contribution >= 4 is 0 Å². The number of benzene rings is 1. The Balaban J connectivity index is 2.24. The van der Waals surface area contributed by atoms with Crippen LogP contribution in [0.4, 0.5) is 8.78 Å². The maximum atomic E-state index is 12.1. The Kier molecular flexibility index (Phi) is 4.06. The molecule has 0 saturated heterocycles. The molecule has 0 aliphatic heterocycles. The van der Waals surface area contributed by atoms with Crippen molar-refractivity contribution in [2.24, 2.45) is 0 Å². The lowest BCUT2D eigenvalue weighted by molar-refractivity contribution is -0.0498. The molecule has 0 bridgehead atoms. The summed E-state index contributed by atoms with van der Waals surface area (Å²) in [4.78, 5) is 4.00. The molecule has 1 unspecified atom stereocenters. The molecule has 5 nitrogen and oxygen atoms in total. The third-order valence-electron chi connectivity index (χ3n) is 2.43. The van der Waals surface area contributed by atoms with Crippen LogP contribution in [0.15, 0.2) is 28.8 Å². The zero-order valence-corrected chi connectivity index (χ0v) is 10.1. The molecule has 2 rings (SSSR count). The summed E-state index contributed by atoms with van der Waals surface area (Å²) in [6, 6.07) is 5.91. The maximum absolute atomic E-state index is 12.1. The van der Waals surface area contributed by atoms with Gasteiger partial charge in [-0.2, -0.15) is 13.8 Å². The molecule has 0 radical (unpaired) electrons. The van der Waals surface area contributed by atoms with Gasteiger partial charge in [0.15, 0.2) is 0 Å². The fourth-order valence-corrected chi connectivity index (χ4v) is 1.48. The lowest BCUT2D eigenvalue weighted by Gasteiger charge is -2.04. The van der Waals surface area contributed by atoms with E-state index in [1.807, 2.05) is 0 Å². The van der Waals surface area contributed by atoms with Crippen LogP contribution in [0.3, 0.4) is 0 Å². The van der Waals surface area contributed by atoms with Crippen molar-refractivity contribution in [1.82, 2.24) is 10.1 Å². The van der Waals surface area contributed by atoms with Crippen molar-refractivity contribution in [3.05, 3.63) is 30.1 Å². The van der Waals surface area contributed by atoms with E-state index in [0.717, 1.165) is 0 Å². The number of hydrogen-bond donors (Lipinski definition) is 1.